The van der Waals surface area contributed by atoms with E-state index in [2.05, 4.69) is 20.5 Å². The lowest BCUT2D eigenvalue weighted by molar-refractivity contribution is -0.134. The third-order valence-electron chi connectivity index (χ3n) is 5.82. The number of hydrogen-bond acceptors (Lipinski definition) is 6. The van der Waals surface area contributed by atoms with E-state index in [1.807, 2.05) is 35.9 Å². The molecule has 1 fully saturated rings. The van der Waals surface area contributed by atoms with Crippen LogP contribution in [0.4, 0.5) is 0 Å². The van der Waals surface area contributed by atoms with E-state index in [9.17, 15) is 9.59 Å². The minimum absolute atomic E-state index is 0.0496. The number of likely N-dealkylation sites (tertiary alicyclic amines) is 1. The smallest absolute Gasteiger partial charge is 0.255 e. The van der Waals surface area contributed by atoms with Crippen LogP contribution in [0.1, 0.15) is 34.6 Å². The van der Waals surface area contributed by atoms with Crippen molar-refractivity contribution >= 4 is 23.2 Å². The van der Waals surface area contributed by atoms with Gasteiger partial charge in [-0.2, -0.15) is 0 Å². The molecule has 0 bridgehead atoms. The Balaban J connectivity index is 1.49. The zero-order valence-corrected chi connectivity index (χ0v) is 18.3. The van der Waals surface area contributed by atoms with Gasteiger partial charge in [0.1, 0.15) is 17.4 Å². The van der Waals surface area contributed by atoms with Gasteiger partial charge in [-0.05, 0) is 37.9 Å². The fourth-order valence-electron chi connectivity index (χ4n) is 4.26. The number of piperidine rings is 1. The highest BCUT2D eigenvalue weighted by Gasteiger charge is 2.41. The highest BCUT2D eigenvalue weighted by molar-refractivity contribution is 7.09. The number of hydrogen-bond donors (Lipinski definition) is 2. The van der Waals surface area contributed by atoms with Crippen LogP contribution in [0.25, 0.3) is 0 Å². The van der Waals surface area contributed by atoms with Gasteiger partial charge in [-0.3, -0.25) is 14.5 Å². The number of rotatable bonds is 2. The summed E-state index contributed by atoms with van der Waals surface area (Å²) in [5, 5.41) is 8.99. The molecule has 7 nitrogen and oxygen atoms in total. The first-order valence-electron chi connectivity index (χ1n) is 10.7. The molecule has 4 rings (SSSR count). The van der Waals surface area contributed by atoms with Crippen LogP contribution in [-0.2, 0) is 11.3 Å². The van der Waals surface area contributed by atoms with Gasteiger partial charge in [0.25, 0.3) is 5.91 Å². The Kier molecular flexibility index (Phi) is 6.99. The number of nitrogens with zero attached hydrogens (tertiary/aromatic N) is 2. The Morgan fingerprint density at radius 2 is 2.03 bits per heavy atom. The average molecular weight is 441 g/mol. The second-order valence-corrected chi connectivity index (χ2v) is 8.99. The van der Waals surface area contributed by atoms with Crippen molar-refractivity contribution in [1.82, 2.24) is 20.5 Å². The highest BCUT2D eigenvalue weighted by atomic mass is 32.1. The molecule has 2 aromatic rings. The van der Waals surface area contributed by atoms with E-state index in [4.69, 9.17) is 4.74 Å². The predicted molar refractivity (Wildman–Crippen MR) is 120 cm³/mol. The minimum Gasteiger partial charge on any atom is -0.489 e. The van der Waals surface area contributed by atoms with Gasteiger partial charge in [0.2, 0.25) is 5.91 Å². The lowest BCUT2D eigenvalue weighted by Crippen LogP contribution is -2.52. The minimum atomic E-state index is -0.488. The van der Waals surface area contributed by atoms with Crippen molar-refractivity contribution in [3.05, 3.63) is 58.6 Å². The molecule has 31 heavy (non-hydrogen) atoms. The number of fused-ring (bicyclic) bond motifs is 1. The van der Waals surface area contributed by atoms with Gasteiger partial charge in [-0.1, -0.05) is 24.3 Å². The summed E-state index contributed by atoms with van der Waals surface area (Å²) in [5.41, 5.74) is 0.0127. The van der Waals surface area contributed by atoms with Crippen molar-refractivity contribution in [1.29, 1.82) is 0 Å². The molecule has 0 radical (unpaired) electrons. The topological polar surface area (TPSA) is 83.6 Å². The van der Waals surface area contributed by atoms with Gasteiger partial charge in [0.15, 0.2) is 0 Å². The average Bonchev–Trinajstić information content (AvgIpc) is 3.29. The van der Waals surface area contributed by atoms with E-state index in [1.54, 1.807) is 23.5 Å². The molecule has 1 saturated heterocycles. The van der Waals surface area contributed by atoms with Gasteiger partial charge >= 0.3 is 0 Å². The monoisotopic (exact) mass is 440 g/mol. The lowest BCUT2D eigenvalue weighted by atomic mass is 9.76. The molecule has 164 valence electrons. The van der Waals surface area contributed by atoms with Crippen LogP contribution in [0, 0.1) is 5.41 Å². The van der Waals surface area contributed by atoms with E-state index >= 15 is 0 Å². The Hall–Kier alpha value is -2.71. The SMILES string of the molecule is O=C1NCCNC(=O)[C@]2(C/C=C/COc3ccccc31)CCCN(Cc1nccs1)C2. The van der Waals surface area contributed by atoms with E-state index in [1.165, 1.54) is 0 Å². The van der Waals surface area contributed by atoms with Crippen LogP contribution < -0.4 is 15.4 Å². The number of allylic oxidation sites excluding steroid dienone is 1. The fourth-order valence-corrected chi connectivity index (χ4v) is 4.92. The molecule has 1 aromatic carbocycles. The van der Waals surface area contributed by atoms with Crippen LogP contribution in [0.5, 0.6) is 5.75 Å². The molecule has 2 N–H and O–H groups in total. The van der Waals surface area contributed by atoms with Gasteiger partial charge in [0.05, 0.1) is 17.5 Å². The molecule has 8 heteroatoms. The van der Waals surface area contributed by atoms with E-state index < -0.39 is 5.41 Å². The second kappa shape index (κ2) is 10.1. The molecule has 1 spiro atoms. The van der Waals surface area contributed by atoms with Gasteiger partial charge in [-0.15, -0.1) is 11.3 Å². The normalized spacial score (nSPS) is 24.4. The van der Waals surface area contributed by atoms with E-state index in [-0.39, 0.29) is 11.8 Å². The summed E-state index contributed by atoms with van der Waals surface area (Å²) < 4.78 is 5.83. The molecule has 0 aliphatic carbocycles. The molecular weight excluding hydrogens is 412 g/mol. The number of amides is 2. The van der Waals surface area contributed by atoms with Crippen molar-refractivity contribution in [2.24, 2.45) is 5.41 Å². The zero-order chi connectivity index (χ0) is 21.5. The highest BCUT2D eigenvalue weighted by Crippen LogP contribution is 2.35. The molecule has 0 saturated carbocycles. The maximum atomic E-state index is 13.3. The number of thiazole rings is 1. The van der Waals surface area contributed by atoms with Crippen LogP contribution in [0.15, 0.2) is 48.0 Å². The molecule has 0 unspecified atom stereocenters. The fraction of sp³-hybridized carbons (Fsp3) is 0.435. The third-order valence-corrected chi connectivity index (χ3v) is 6.58. The number of benzene rings is 1. The van der Waals surface area contributed by atoms with Crippen LogP contribution in [0.3, 0.4) is 0 Å². The molecule has 1 atom stereocenters. The second-order valence-electron chi connectivity index (χ2n) is 8.01. The van der Waals surface area contributed by atoms with Crippen molar-refractivity contribution in [3.63, 3.8) is 0 Å². The number of para-hydroxylation sites is 1. The van der Waals surface area contributed by atoms with E-state index in [0.29, 0.717) is 44.0 Å². The first kappa shape index (κ1) is 21.5. The Bertz CT molecular complexity index is 931. The molecule has 2 aliphatic rings. The Morgan fingerprint density at radius 3 is 2.90 bits per heavy atom. The van der Waals surface area contributed by atoms with Crippen molar-refractivity contribution in [3.8, 4) is 5.75 Å². The molecule has 2 amide bonds. The van der Waals surface area contributed by atoms with Gasteiger partial charge in [0, 0.05) is 31.2 Å². The van der Waals surface area contributed by atoms with Crippen LogP contribution in [-0.4, -0.2) is 54.5 Å². The maximum Gasteiger partial charge on any atom is 0.255 e. The van der Waals surface area contributed by atoms with Gasteiger partial charge in [-0.25, -0.2) is 4.98 Å². The zero-order valence-electron chi connectivity index (χ0n) is 17.5. The summed E-state index contributed by atoms with van der Waals surface area (Å²) >= 11 is 1.65. The van der Waals surface area contributed by atoms with Gasteiger partial charge < -0.3 is 15.4 Å². The first-order chi connectivity index (χ1) is 15.2. The molecular formula is C23H28N4O3S. The number of nitrogens with one attached hydrogen (secondary N) is 2. The predicted octanol–water partition coefficient (Wildman–Crippen LogP) is 2.61. The lowest BCUT2D eigenvalue weighted by Gasteiger charge is -2.41. The number of carbonyl (C=O) groups is 2. The van der Waals surface area contributed by atoms with Crippen LogP contribution in [0.2, 0.25) is 0 Å². The first-order valence-corrected chi connectivity index (χ1v) is 11.6. The van der Waals surface area contributed by atoms with Crippen molar-refractivity contribution in [2.75, 3.05) is 32.8 Å². The quantitative estimate of drug-likeness (QED) is 0.702. The maximum absolute atomic E-state index is 13.3. The summed E-state index contributed by atoms with van der Waals surface area (Å²) in [6, 6.07) is 7.21. The summed E-state index contributed by atoms with van der Waals surface area (Å²) in [6.45, 7) is 3.55. The summed E-state index contributed by atoms with van der Waals surface area (Å²) in [7, 11) is 0. The summed E-state index contributed by atoms with van der Waals surface area (Å²) in [5.74, 6) is 0.411. The largest absolute Gasteiger partial charge is 0.489 e. The molecule has 3 heterocycles. The van der Waals surface area contributed by atoms with Crippen LogP contribution >= 0.6 is 11.3 Å². The molecule has 2 aliphatic heterocycles. The standard InChI is InChI=1S/C23H28N4O3S/c28-21-18-6-1-2-7-19(18)30-14-4-3-8-23(22(29)26-11-10-25-21)9-5-13-27(17-23)16-20-24-12-15-31-20/h1-4,6-7,12,15H,5,8-11,13-14,16-17H2,(H,25,28)(H,26,29)/b4-3+/t23-/m1/s1. The Morgan fingerprint density at radius 1 is 1.16 bits per heavy atom. The van der Waals surface area contributed by atoms with E-state index in [0.717, 1.165) is 30.9 Å². The summed E-state index contributed by atoms with van der Waals surface area (Å²) in [6.07, 6.45) is 8.27. The number of aromatic nitrogens is 1. The third kappa shape index (κ3) is 5.32. The Labute approximate surface area is 186 Å². The molecule has 1 aromatic heterocycles. The van der Waals surface area contributed by atoms with Crippen molar-refractivity contribution < 1.29 is 14.3 Å². The van der Waals surface area contributed by atoms with Crippen molar-refractivity contribution in [2.45, 2.75) is 25.8 Å². The number of carbonyl (C=O) groups excluding carboxylic acids is 2. The summed E-state index contributed by atoms with van der Waals surface area (Å²) in [4.78, 5) is 32.5. The number of ether oxygens (including phenoxy) is 1.